The molecule has 1 aliphatic rings. The number of nitrogens with zero attached hydrogens (tertiary/aromatic N) is 1. The molecule has 1 fully saturated rings. The van der Waals surface area contributed by atoms with E-state index < -0.39 is 17.5 Å². The van der Waals surface area contributed by atoms with Crippen molar-refractivity contribution in [1.29, 1.82) is 0 Å². The average molecular weight is 293 g/mol. The van der Waals surface area contributed by atoms with Crippen LogP contribution in [0.5, 0.6) is 0 Å². The maximum Gasteiger partial charge on any atom is 0.257 e. The molecule has 20 heavy (non-hydrogen) atoms. The van der Waals surface area contributed by atoms with Gasteiger partial charge in [-0.25, -0.2) is 8.78 Å². The van der Waals surface area contributed by atoms with Gasteiger partial charge in [-0.2, -0.15) is 0 Å². The van der Waals surface area contributed by atoms with Crippen LogP contribution in [0.2, 0.25) is 0 Å². The first kappa shape index (κ1) is 13.2. The smallest absolute Gasteiger partial charge is 0.257 e. The van der Waals surface area contributed by atoms with Gasteiger partial charge in [-0.05, 0) is 42.5 Å². The largest absolute Gasteiger partial charge is 0.330 e. The summed E-state index contributed by atoms with van der Waals surface area (Å²) in [5.41, 5.74) is -0.187. The van der Waals surface area contributed by atoms with Gasteiger partial charge in [0.05, 0.1) is 12.1 Å². The third kappa shape index (κ3) is 2.72. The molecule has 2 aromatic rings. The molecule has 0 spiro atoms. The van der Waals surface area contributed by atoms with E-state index in [0.717, 1.165) is 35.9 Å². The molecule has 0 atom stereocenters. The number of carbonyl (C=O) groups is 1. The van der Waals surface area contributed by atoms with E-state index in [2.05, 4.69) is 0 Å². The molecule has 0 aliphatic heterocycles. The summed E-state index contributed by atoms with van der Waals surface area (Å²) in [7, 11) is 0. The molecule has 1 aromatic heterocycles. The van der Waals surface area contributed by atoms with Crippen LogP contribution in [0.1, 0.15) is 28.1 Å². The van der Waals surface area contributed by atoms with Crippen molar-refractivity contribution in [2.75, 3.05) is 0 Å². The number of amides is 1. The molecule has 0 unspecified atom stereocenters. The molecule has 0 saturated heterocycles. The summed E-state index contributed by atoms with van der Waals surface area (Å²) in [4.78, 5) is 15.1. The molecule has 3 rings (SSSR count). The number of hydrogen-bond acceptors (Lipinski definition) is 2. The zero-order valence-corrected chi connectivity index (χ0v) is 11.5. The van der Waals surface area contributed by atoms with Gasteiger partial charge in [-0.15, -0.1) is 11.3 Å². The van der Waals surface area contributed by atoms with Crippen LogP contribution in [0, 0.1) is 11.6 Å². The minimum absolute atomic E-state index is 0.146. The highest BCUT2D eigenvalue weighted by atomic mass is 32.1. The molecule has 0 N–H and O–H groups in total. The van der Waals surface area contributed by atoms with Crippen molar-refractivity contribution in [3.63, 3.8) is 0 Å². The Labute approximate surface area is 119 Å². The summed E-state index contributed by atoms with van der Waals surface area (Å²) < 4.78 is 27.0. The lowest BCUT2D eigenvalue weighted by Gasteiger charge is -2.22. The molecular formula is C15H13F2NOS. The zero-order chi connectivity index (χ0) is 14.1. The lowest BCUT2D eigenvalue weighted by molar-refractivity contribution is 0.0726. The van der Waals surface area contributed by atoms with Gasteiger partial charge in [0.1, 0.15) is 11.6 Å². The molecule has 1 amide bonds. The number of thiophene rings is 1. The van der Waals surface area contributed by atoms with Crippen molar-refractivity contribution in [3.05, 3.63) is 57.8 Å². The highest BCUT2D eigenvalue weighted by Crippen LogP contribution is 2.31. The monoisotopic (exact) mass is 293 g/mol. The Morgan fingerprint density at radius 3 is 2.75 bits per heavy atom. The number of hydrogen-bond donors (Lipinski definition) is 0. The molecule has 5 heteroatoms. The number of benzene rings is 1. The van der Waals surface area contributed by atoms with Crippen LogP contribution >= 0.6 is 11.3 Å². The average Bonchev–Trinajstić information content (AvgIpc) is 3.15. The lowest BCUT2D eigenvalue weighted by atomic mass is 10.1. The lowest BCUT2D eigenvalue weighted by Crippen LogP contribution is -2.33. The van der Waals surface area contributed by atoms with Gasteiger partial charge < -0.3 is 4.90 Å². The van der Waals surface area contributed by atoms with E-state index in [4.69, 9.17) is 0 Å². The highest BCUT2D eigenvalue weighted by Gasteiger charge is 2.34. The number of carbonyl (C=O) groups excluding carboxylic acids is 1. The van der Waals surface area contributed by atoms with Crippen molar-refractivity contribution in [1.82, 2.24) is 4.90 Å². The van der Waals surface area contributed by atoms with E-state index in [-0.39, 0.29) is 11.6 Å². The topological polar surface area (TPSA) is 20.3 Å². The minimum Gasteiger partial charge on any atom is -0.330 e. The van der Waals surface area contributed by atoms with Gasteiger partial charge in [-0.3, -0.25) is 4.79 Å². The Bertz CT molecular complexity index is 623. The summed E-state index contributed by atoms with van der Waals surface area (Å²) in [6.45, 7) is 0.455. The maximum absolute atomic E-state index is 13.7. The fourth-order valence-corrected chi connectivity index (χ4v) is 2.84. The van der Waals surface area contributed by atoms with E-state index in [0.29, 0.717) is 6.54 Å². The van der Waals surface area contributed by atoms with Crippen LogP contribution in [0.25, 0.3) is 0 Å². The predicted octanol–water partition coefficient (Wildman–Crippen LogP) is 3.83. The van der Waals surface area contributed by atoms with E-state index >= 15 is 0 Å². The number of rotatable bonds is 4. The van der Waals surface area contributed by atoms with Crippen LogP contribution in [0.15, 0.2) is 35.7 Å². The summed E-state index contributed by atoms with van der Waals surface area (Å²) >= 11 is 1.55. The fraction of sp³-hybridized carbons (Fsp3) is 0.267. The van der Waals surface area contributed by atoms with E-state index in [9.17, 15) is 13.6 Å². The molecular weight excluding hydrogens is 280 g/mol. The van der Waals surface area contributed by atoms with Crippen molar-refractivity contribution in [2.24, 2.45) is 0 Å². The Morgan fingerprint density at radius 2 is 2.10 bits per heavy atom. The quantitative estimate of drug-likeness (QED) is 0.839. The van der Waals surface area contributed by atoms with Crippen LogP contribution in [-0.2, 0) is 6.54 Å². The molecule has 1 saturated carbocycles. The normalized spacial score (nSPS) is 14.3. The predicted molar refractivity (Wildman–Crippen MR) is 73.6 cm³/mol. The molecule has 0 radical (unpaired) electrons. The molecule has 2 nitrogen and oxygen atoms in total. The minimum atomic E-state index is -0.673. The van der Waals surface area contributed by atoms with E-state index in [1.807, 2.05) is 17.5 Å². The Kier molecular flexibility index (Phi) is 3.53. The SMILES string of the molecule is O=C(c1cc(F)ccc1F)N(Cc1cccs1)C1CC1. The standard InChI is InChI=1S/C15H13F2NOS/c16-10-3-6-14(17)13(8-10)15(19)18(11-4-5-11)9-12-2-1-7-20-12/h1-3,6-8,11H,4-5,9H2. The highest BCUT2D eigenvalue weighted by molar-refractivity contribution is 7.09. The molecule has 1 aromatic carbocycles. The Hall–Kier alpha value is -1.75. The van der Waals surface area contributed by atoms with Crippen LogP contribution in [0.3, 0.4) is 0 Å². The van der Waals surface area contributed by atoms with Crippen LogP contribution in [0.4, 0.5) is 8.78 Å². The molecule has 0 bridgehead atoms. The van der Waals surface area contributed by atoms with Gasteiger partial charge in [-0.1, -0.05) is 6.07 Å². The maximum atomic E-state index is 13.7. The summed E-state index contributed by atoms with van der Waals surface area (Å²) in [5, 5.41) is 1.94. The van der Waals surface area contributed by atoms with Crippen molar-refractivity contribution < 1.29 is 13.6 Å². The second kappa shape index (κ2) is 5.32. The van der Waals surface area contributed by atoms with Crippen molar-refractivity contribution in [3.8, 4) is 0 Å². The third-order valence-electron chi connectivity index (χ3n) is 3.31. The summed E-state index contributed by atoms with van der Waals surface area (Å²) in [5.74, 6) is -1.70. The first-order valence-electron chi connectivity index (χ1n) is 6.43. The van der Waals surface area contributed by atoms with E-state index in [1.54, 1.807) is 16.2 Å². The van der Waals surface area contributed by atoms with Gasteiger partial charge >= 0.3 is 0 Å². The van der Waals surface area contributed by atoms with E-state index in [1.165, 1.54) is 0 Å². The van der Waals surface area contributed by atoms with Gasteiger partial charge in [0.25, 0.3) is 5.91 Å². The van der Waals surface area contributed by atoms with Gasteiger partial charge in [0.15, 0.2) is 0 Å². The van der Waals surface area contributed by atoms with Crippen LogP contribution < -0.4 is 0 Å². The Morgan fingerprint density at radius 1 is 1.30 bits per heavy atom. The van der Waals surface area contributed by atoms with Gasteiger partial charge in [0.2, 0.25) is 0 Å². The molecule has 104 valence electrons. The third-order valence-corrected chi connectivity index (χ3v) is 4.17. The second-order valence-electron chi connectivity index (χ2n) is 4.87. The molecule has 1 aliphatic carbocycles. The second-order valence-corrected chi connectivity index (χ2v) is 5.90. The first-order valence-corrected chi connectivity index (χ1v) is 7.31. The summed E-state index contributed by atoms with van der Waals surface area (Å²) in [6, 6.07) is 6.99. The van der Waals surface area contributed by atoms with Crippen LogP contribution in [-0.4, -0.2) is 16.8 Å². The van der Waals surface area contributed by atoms with Crippen molar-refractivity contribution >= 4 is 17.2 Å². The van der Waals surface area contributed by atoms with Gasteiger partial charge in [0, 0.05) is 10.9 Å². The first-order chi connectivity index (χ1) is 9.65. The number of halogens is 2. The summed E-state index contributed by atoms with van der Waals surface area (Å²) in [6.07, 6.45) is 1.85. The Balaban J connectivity index is 1.87. The van der Waals surface area contributed by atoms with Crippen molar-refractivity contribution in [2.45, 2.75) is 25.4 Å². The molecule has 1 heterocycles. The zero-order valence-electron chi connectivity index (χ0n) is 10.7. The fourth-order valence-electron chi connectivity index (χ4n) is 2.14.